The first-order chi connectivity index (χ1) is 16.4. The maximum Gasteiger partial charge on any atom is 0.330 e. The Morgan fingerprint density at radius 3 is 2.49 bits per heavy atom. The van der Waals surface area contributed by atoms with Gasteiger partial charge in [0, 0.05) is 29.9 Å². The summed E-state index contributed by atoms with van der Waals surface area (Å²) >= 11 is 0. The van der Waals surface area contributed by atoms with Gasteiger partial charge in [-0.2, -0.15) is 0 Å². The molecule has 0 aromatic heterocycles. The quantitative estimate of drug-likeness (QED) is 0.230. The van der Waals surface area contributed by atoms with Crippen LogP contribution < -0.4 is 5.73 Å². The number of aliphatic hydroxyl groups is 2. The maximum absolute atomic E-state index is 13.4. The van der Waals surface area contributed by atoms with Crippen LogP contribution >= 0.6 is 0 Å². The first kappa shape index (κ1) is 24.4. The smallest absolute Gasteiger partial charge is 0.330 e. The second kappa shape index (κ2) is 8.51. The predicted molar refractivity (Wildman–Crippen MR) is 116 cm³/mol. The summed E-state index contributed by atoms with van der Waals surface area (Å²) in [4.78, 5) is 75.4. The monoisotopic (exact) mass is 485 g/mol. The number of ketones is 4. The van der Waals surface area contributed by atoms with Crippen LogP contribution in [0.25, 0.3) is 6.08 Å². The molecule has 11 heteroatoms. The number of fused-ring (bicyclic) bond motifs is 3. The van der Waals surface area contributed by atoms with Crippen molar-refractivity contribution in [3.63, 3.8) is 0 Å². The van der Waals surface area contributed by atoms with Gasteiger partial charge in [0.1, 0.15) is 5.75 Å². The van der Waals surface area contributed by atoms with Crippen molar-refractivity contribution in [2.45, 2.75) is 31.5 Å². The second-order valence-electron chi connectivity index (χ2n) is 8.93. The first-order valence-corrected chi connectivity index (χ1v) is 11.0. The fourth-order valence-corrected chi connectivity index (χ4v) is 5.46. The van der Waals surface area contributed by atoms with Crippen LogP contribution in [0.5, 0.6) is 5.75 Å². The summed E-state index contributed by atoms with van der Waals surface area (Å²) in [6.45, 7) is 1.75. The number of rotatable bonds is 4. The number of nitrogens with two attached hydrogens (primary N) is 1. The summed E-state index contributed by atoms with van der Waals surface area (Å²) in [5, 5.41) is 32.9. The standard InChI is InChI=1S/C24H23NO10/c1-2-35-14(27)6-5-9-3-4-10-7-11-16(20(30)15(10)18(9)28)21(31)24(34)12(19(11)29)8-13(26)17(22(24)32)23(25)33/h3-6,11-12,16-17,19,28-29,34H,2,7-8H2,1H3,(H2,25,33)/t11-,12-,16?,17?,19+,24+/m1/s1. The Morgan fingerprint density at radius 1 is 1.17 bits per heavy atom. The predicted octanol–water partition coefficient (Wildman–Crippen LogP) is -1.13. The van der Waals surface area contributed by atoms with Crippen molar-refractivity contribution in [1.82, 2.24) is 0 Å². The molecule has 1 aromatic carbocycles. The van der Waals surface area contributed by atoms with Gasteiger partial charge in [-0.1, -0.05) is 12.1 Å². The van der Waals surface area contributed by atoms with E-state index in [4.69, 9.17) is 10.5 Å². The van der Waals surface area contributed by atoms with Gasteiger partial charge in [0.05, 0.1) is 24.2 Å². The number of benzene rings is 1. The number of phenols is 1. The molecule has 0 bridgehead atoms. The zero-order valence-electron chi connectivity index (χ0n) is 18.6. The van der Waals surface area contributed by atoms with Gasteiger partial charge < -0.3 is 25.8 Å². The zero-order chi connectivity index (χ0) is 25.8. The average Bonchev–Trinajstić information content (AvgIpc) is 2.79. The number of ether oxygens (including phenoxy) is 1. The van der Waals surface area contributed by atoms with E-state index >= 15 is 0 Å². The molecule has 3 aliphatic rings. The summed E-state index contributed by atoms with van der Waals surface area (Å²) < 4.78 is 4.77. The van der Waals surface area contributed by atoms with Crippen molar-refractivity contribution < 1.29 is 48.8 Å². The van der Waals surface area contributed by atoms with E-state index < -0.39 is 82.6 Å². The summed E-state index contributed by atoms with van der Waals surface area (Å²) in [5.74, 6) is -13.5. The Morgan fingerprint density at radius 2 is 1.86 bits per heavy atom. The van der Waals surface area contributed by atoms with Gasteiger partial charge in [-0.05, 0) is 25.0 Å². The Bertz CT molecular complexity index is 1220. The summed E-state index contributed by atoms with van der Waals surface area (Å²) in [5.41, 5.74) is 2.32. The van der Waals surface area contributed by atoms with Gasteiger partial charge in [-0.25, -0.2) is 4.79 Å². The normalized spacial score (nSPS) is 32.1. The van der Waals surface area contributed by atoms with Gasteiger partial charge in [0.25, 0.3) is 0 Å². The van der Waals surface area contributed by atoms with Gasteiger partial charge in [-0.15, -0.1) is 0 Å². The van der Waals surface area contributed by atoms with Crippen LogP contribution in [0.2, 0.25) is 0 Å². The number of amides is 1. The molecule has 0 heterocycles. The second-order valence-corrected chi connectivity index (χ2v) is 8.93. The molecule has 0 spiro atoms. The average molecular weight is 485 g/mol. The van der Waals surface area contributed by atoms with E-state index in [-0.39, 0.29) is 24.2 Å². The Kier molecular flexibility index (Phi) is 5.94. The lowest BCUT2D eigenvalue weighted by Gasteiger charge is -2.51. The van der Waals surface area contributed by atoms with Gasteiger partial charge in [0.15, 0.2) is 34.7 Å². The molecular formula is C24H23NO10. The van der Waals surface area contributed by atoms with Crippen molar-refractivity contribution >= 4 is 41.1 Å². The highest BCUT2D eigenvalue weighted by molar-refractivity contribution is 6.31. The molecule has 35 heavy (non-hydrogen) atoms. The van der Waals surface area contributed by atoms with E-state index in [1.807, 2.05) is 0 Å². The van der Waals surface area contributed by atoms with Crippen LogP contribution in [-0.2, 0) is 35.1 Å². The number of phenolic OH excluding ortho intramolecular Hbond substituents is 1. The number of primary amides is 1. The Balaban J connectivity index is 1.77. The van der Waals surface area contributed by atoms with Crippen LogP contribution in [0.3, 0.4) is 0 Å². The zero-order valence-corrected chi connectivity index (χ0v) is 18.6. The fraction of sp³-hybridized carbons (Fsp3) is 0.417. The van der Waals surface area contributed by atoms with E-state index in [2.05, 4.69) is 0 Å². The third-order valence-corrected chi connectivity index (χ3v) is 7.10. The number of Topliss-reactive ketones (excluding diaryl/α,β-unsaturated/α-hetero) is 4. The highest BCUT2D eigenvalue weighted by Crippen LogP contribution is 2.50. The maximum atomic E-state index is 13.4. The molecule has 0 saturated heterocycles. The number of aliphatic hydroxyl groups excluding tert-OH is 1. The van der Waals surface area contributed by atoms with Crippen molar-refractivity contribution in [1.29, 1.82) is 0 Å². The number of carbonyl (C=O) groups excluding carboxylic acids is 6. The minimum atomic E-state index is -2.96. The highest BCUT2D eigenvalue weighted by atomic mass is 16.5. The number of carbonyl (C=O) groups is 6. The molecule has 0 aliphatic heterocycles. The molecule has 1 aromatic rings. The van der Waals surface area contributed by atoms with Crippen LogP contribution in [-0.4, -0.2) is 68.6 Å². The molecule has 1 amide bonds. The van der Waals surface area contributed by atoms with Crippen molar-refractivity contribution in [3.8, 4) is 5.75 Å². The molecule has 2 unspecified atom stereocenters. The minimum absolute atomic E-state index is 0.0672. The Hall–Kier alpha value is -3.70. The molecule has 184 valence electrons. The van der Waals surface area contributed by atoms with E-state index in [0.29, 0.717) is 5.56 Å². The molecule has 4 rings (SSSR count). The van der Waals surface area contributed by atoms with E-state index in [1.165, 1.54) is 18.2 Å². The molecule has 11 nitrogen and oxygen atoms in total. The molecular weight excluding hydrogens is 462 g/mol. The van der Waals surface area contributed by atoms with Crippen molar-refractivity contribution in [2.24, 2.45) is 29.4 Å². The fourth-order valence-electron chi connectivity index (χ4n) is 5.46. The molecule has 5 N–H and O–H groups in total. The number of esters is 1. The highest BCUT2D eigenvalue weighted by Gasteiger charge is 2.69. The first-order valence-electron chi connectivity index (χ1n) is 11.0. The Labute approximate surface area is 198 Å². The largest absolute Gasteiger partial charge is 0.507 e. The van der Waals surface area contributed by atoms with Crippen LogP contribution in [0.15, 0.2) is 18.2 Å². The van der Waals surface area contributed by atoms with Gasteiger partial charge in [-0.3, -0.25) is 24.0 Å². The summed E-state index contributed by atoms with van der Waals surface area (Å²) in [6.07, 6.45) is -0.0435. The van der Waals surface area contributed by atoms with E-state index in [9.17, 15) is 44.1 Å². The number of hydrogen-bond acceptors (Lipinski definition) is 10. The van der Waals surface area contributed by atoms with Crippen molar-refractivity contribution in [2.75, 3.05) is 6.61 Å². The third-order valence-electron chi connectivity index (χ3n) is 7.10. The number of hydrogen-bond donors (Lipinski definition) is 4. The lowest BCUT2D eigenvalue weighted by atomic mass is 9.52. The van der Waals surface area contributed by atoms with E-state index in [1.54, 1.807) is 6.92 Å². The topological polar surface area (TPSA) is 198 Å². The molecule has 2 saturated carbocycles. The lowest BCUT2D eigenvalue weighted by molar-refractivity contribution is -0.188. The molecule has 0 radical (unpaired) electrons. The van der Waals surface area contributed by atoms with Gasteiger partial charge in [0.2, 0.25) is 5.91 Å². The van der Waals surface area contributed by atoms with Gasteiger partial charge >= 0.3 is 5.97 Å². The van der Waals surface area contributed by atoms with Crippen molar-refractivity contribution in [3.05, 3.63) is 34.9 Å². The SMILES string of the molecule is CCOC(=O)C=Cc1ccc2c(c1O)C(=O)C1C(=O)[C@]3(O)C(=O)C(C(N)=O)C(=O)C[C@@H]3[C@@H](O)[C@@H]1C2. The summed E-state index contributed by atoms with van der Waals surface area (Å²) in [6, 6.07) is 2.93. The molecule has 6 atom stereocenters. The lowest BCUT2D eigenvalue weighted by Crippen LogP contribution is -2.72. The van der Waals surface area contributed by atoms with Crippen LogP contribution in [0.4, 0.5) is 0 Å². The molecule has 3 aliphatic carbocycles. The van der Waals surface area contributed by atoms with Crippen LogP contribution in [0, 0.1) is 23.7 Å². The minimum Gasteiger partial charge on any atom is -0.507 e. The third kappa shape index (κ3) is 3.50. The van der Waals surface area contributed by atoms with E-state index in [0.717, 1.165) is 6.08 Å². The van der Waals surface area contributed by atoms with Crippen LogP contribution in [0.1, 0.15) is 34.8 Å². The summed E-state index contributed by atoms with van der Waals surface area (Å²) in [7, 11) is 0. The molecule has 2 fully saturated rings. The number of aromatic hydroxyl groups is 1.